The van der Waals surface area contributed by atoms with Crippen LogP contribution in [0.5, 0.6) is 11.6 Å². The fourth-order valence-corrected chi connectivity index (χ4v) is 7.06. The first-order valence-corrected chi connectivity index (χ1v) is 17.6. The predicted molar refractivity (Wildman–Crippen MR) is 178 cm³/mol. The lowest BCUT2D eigenvalue weighted by molar-refractivity contribution is 0.0240. The average Bonchev–Trinajstić information content (AvgIpc) is 2.96. The summed E-state index contributed by atoms with van der Waals surface area (Å²) in [4.78, 5) is 27.9. The Morgan fingerprint density at radius 2 is 1.65 bits per heavy atom. The number of piperazine rings is 1. The van der Waals surface area contributed by atoms with Crippen LogP contribution in [0.4, 0.5) is 10.6 Å². The van der Waals surface area contributed by atoms with Crippen LogP contribution in [0, 0.1) is 5.92 Å². The monoisotopic (exact) mass is 691 g/mol. The van der Waals surface area contributed by atoms with E-state index in [4.69, 9.17) is 37.7 Å². The number of carbonyl (C=O) groups is 1. The van der Waals surface area contributed by atoms with Crippen LogP contribution in [0.15, 0.2) is 48.7 Å². The molecular formula is C32H39Cl2N5O6S. The number of halogens is 2. The molecule has 0 aliphatic carbocycles. The van der Waals surface area contributed by atoms with E-state index in [0.717, 1.165) is 16.9 Å². The zero-order valence-electron chi connectivity index (χ0n) is 26.2. The second-order valence-corrected chi connectivity index (χ2v) is 15.1. The number of carbonyl (C=O) groups excluding carboxylic acids is 1. The Bertz CT molecular complexity index is 1620. The summed E-state index contributed by atoms with van der Waals surface area (Å²) >= 11 is 12.6. The van der Waals surface area contributed by atoms with E-state index in [1.54, 1.807) is 29.3 Å². The van der Waals surface area contributed by atoms with Gasteiger partial charge in [-0.15, -0.1) is 0 Å². The molecule has 2 aromatic heterocycles. The minimum Gasteiger partial charge on any atom is -0.444 e. The molecule has 14 heteroatoms. The van der Waals surface area contributed by atoms with Gasteiger partial charge < -0.3 is 19.3 Å². The molecule has 5 rings (SSSR count). The Balaban J connectivity index is 1.28. The van der Waals surface area contributed by atoms with Crippen molar-refractivity contribution in [2.45, 2.75) is 45.8 Å². The molecule has 1 N–H and O–H groups in total. The van der Waals surface area contributed by atoms with Crippen molar-refractivity contribution in [3.05, 3.63) is 64.3 Å². The van der Waals surface area contributed by atoms with Gasteiger partial charge in [-0.25, -0.2) is 14.8 Å². The summed E-state index contributed by atoms with van der Waals surface area (Å²) in [6.07, 6.45) is 2.71. The molecule has 3 aromatic rings. The van der Waals surface area contributed by atoms with Gasteiger partial charge in [-0.3, -0.25) is 9.45 Å². The Morgan fingerprint density at radius 1 is 0.978 bits per heavy atom. The van der Waals surface area contributed by atoms with Crippen molar-refractivity contribution in [3.63, 3.8) is 0 Å². The number of benzene rings is 1. The maximum Gasteiger partial charge on any atom is 0.410 e. The zero-order chi connectivity index (χ0) is 33.1. The summed E-state index contributed by atoms with van der Waals surface area (Å²) in [5.74, 6) is 1.41. The molecule has 2 fully saturated rings. The number of amides is 1. The molecule has 0 spiro atoms. The second-order valence-electron chi connectivity index (χ2n) is 12.7. The molecule has 2 aliphatic heterocycles. The average molecular weight is 693 g/mol. The van der Waals surface area contributed by atoms with Crippen LogP contribution < -0.4 is 9.64 Å². The van der Waals surface area contributed by atoms with Crippen LogP contribution in [-0.2, 0) is 21.4 Å². The van der Waals surface area contributed by atoms with Gasteiger partial charge in [0.25, 0.3) is 10.1 Å². The van der Waals surface area contributed by atoms with Crippen molar-refractivity contribution < 1.29 is 27.2 Å². The highest BCUT2D eigenvalue weighted by Crippen LogP contribution is 2.31. The minimum absolute atomic E-state index is 0.0592. The van der Waals surface area contributed by atoms with Gasteiger partial charge in [0.05, 0.1) is 17.6 Å². The topological polar surface area (TPSA) is 125 Å². The maximum absolute atomic E-state index is 12.4. The number of pyridine rings is 2. The number of likely N-dealkylation sites (tertiary alicyclic amines) is 1. The third kappa shape index (κ3) is 9.92. The van der Waals surface area contributed by atoms with Crippen molar-refractivity contribution in [1.82, 2.24) is 19.8 Å². The van der Waals surface area contributed by atoms with Crippen LogP contribution in [0.1, 0.15) is 39.2 Å². The Kier molecular flexibility index (Phi) is 10.6. The highest BCUT2D eigenvalue weighted by molar-refractivity contribution is 7.85. The number of piperidine rings is 1. The summed E-state index contributed by atoms with van der Waals surface area (Å²) in [5.41, 5.74) is 1.81. The van der Waals surface area contributed by atoms with Crippen LogP contribution in [0.2, 0.25) is 10.0 Å². The first-order valence-electron chi connectivity index (χ1n) is 15.2. The molecule has 0 atom stereocenters. The van der Waals surface area contributed by atoms with Crippen LogP contribution in [0.3, 0.4) is 0 Å². The van der Waals surface area contributed by atoms with E-state index < -0.39 is 15.7 Å². The third-order valence-corrected chi connectivity index (χ3v) is 9.11. The number of aromatic nitrogens is 2. The Labute approximate surface area is 280 Å². The van der Waals surface area contributed by atoms with Crippen LogP contribution in [0.25, 0.3) is 11.3 Å². The number of hydrogen-bond acceptors (Lipinski definition) is 9. The lowest BCUT2D eigenvalue weighted by atomic mass is 9.98. The fraction of sp³-hybridized carbons (Fsp3) is 0.469. The van der Waals surface area contributed by atoms with Crippen molar-refractivity contribution in [3.8, 4) is 22.9 Å². The van der Waals surface area contributed by atoms with Gasteiger partial charge in [0.1, 0.15) is 17.2 Å². The van der Waals surface area contributed by atoms with Gasteiger partial charge >= 0.3 is 6.09 Å². The molecule has 248 valence electrons. The second kappa shape index (κ2) is 14.3. The zero-order valence-corrected chi connectivity index (χ0v) is 28.5. The van der Waals surface area contributed by atoms with Gasteiger partial charge in [0.15, 0.2) is 0 Å². The predicted octanol–water partition coefficient (Wildman–Crippen LogP) is 6.40. The molecule has 1 aromatic carbocycles. The van der Waals surface area contributed by atoms with E-state index in [2.05, 4.69) is 14.8 Å². The molecule has 2 saturated heterocycles. The number of anilines is 1. The van der Waals surface area contributed by atoms with E-state index in [0.29, 0.717) is 86.0 Å². The summed E-state index contributed by atoms with van der Waals surface area (Å²) in [5, 5.41) is 0.981. The largest absolute Gasteiger partial charge is 0.444 e. The van der Waals surface area contributed by atoms with Gasteiger partial charge in [-0.1, -0.05) is 23.2 Å². The molecule has 0 saturated carbocycles. The molecule has 0 radical (unpaired) electrons. The molecule has 11 nitrogen and oxygen atoms in total. The molecule has 0 bridgehead atoms. The summed E-state index contributed by atoms with van der Waals surface area (Å²) < 4.78 is 43.6. The van der Waals surface area contributed by atoms with Crippen molar-refractivity contribution in [2.24, 2.45) is 5.92 Å². The van der Waals surface area contributed by atoms with Crippen LogP contribution >= 0.6 is 23.2 Å². The van der Waals surface area contributed by atoms with Gasteiger partial charge in [-0.2, -0.15) is 8.42 Å². The minimum atomic E-state index is -3.99. The van der Waals surface area contributed by atoms with Gasteiger partial charge in [0, 0.05) is 54.4 Å². The number of hydrogen-bond donors (Lipinski definition) is 1. The standard InChI is InChI=1S/C32H39Cl2N5O6S/c1-32(2,3)45-31(40)39-12-10-38(11-13-39)29-5-4-27(19-35-29)44-30-15-23(14-28(36-30)24-16-25(33)18-26(34)17-24)20-37-8-6-22(7-9-37)21-46(41,42)43/h4-5,14-19,22H,6-13,20-21H2,1-3H3,(H,41,42,43). The first-order chi connectivity index (χ1) is 21.7. The normalized spacial score (nSPS) is 16.8. The SMILES string of the molecule is CC(C)(C)OC(=O)N1CCN(c2ccc(Oc3cc(CN4CCC(CS(=O)(=O)O)CC4)cc(-c4cc(Cl)cc(Cl)c4)n3)cn2)CC1. The molecular weight excluding hydrogens is 653 g/mol. The van der Waals surface area contributed by atoms with Crippen molar-refractivity contribution in [1.29, 1.82) is 0 Å². The summed E-state index contributed by atoms with van der Waals surface area (Å²) in [6, 6.07) is 12.8. The third-order valence-electron chi connectivity index (χ3n) is 7.78. The van der Waals surface area contributed by atoms with E-state index >= 15 is 0 Å². The van der Waals surface area contributed by atoms with Crippen LogP contribution in [-0.4, -0.2) is 89.5 Å². The Hall–Kier alpha value is -3.16. The summed E-state index contributed by atoms with van der Waals surface area (Å²) in [7, 11) is -3.99. The van der Waals surface area contributed by atoms with E-state index in [1.807, 2.05) is 45.0 Å². The molecule has 2 aliphatic rings. The Morgan fingerprint density at radius 3 is 2.24 bits per heavy atom. The van der Waals surface area contributed by atoms with E-state index in [9.17, 15) is 17.8 Å². The number of ether oxygens (including phenoxy) is 2. The maximum atomic E-state index is 12.4. The summed E-state index contributed by atoms with van der Waals surface area (Å²) in [6.45, 7) is 9.93. The molecule has 4 heterocycles. The quantitative estimate of drug-likeness (QED) is 0.265. The van der Waals surface area contributed by atoms with Gasteiger partial charge in [0.2, 0.25) is 5.88 Å². The van der Waals surface area contributed by atoms with Gasteiger partial charge in [-0.05, 0) is 94.6 Å². The first kappa shape index (κ1) is 34.2. The highest BCUT2D eigenvalue weighted by Gasteiger charge is 2.27. The lowest BCUT2D eigenvalue weighted by Crippen LogP contribution is -2.50. The number of rotatable bonds is 8. The van der Waals surface area contributed by atoms with Crippen molar-refractivity contribution >= 4 is 45.2 Å². The molecule has 0 unspecified atom stereocenters. The molecule has 46 heavy (non-hydrogen) atoms. The van der Waals surface area contributed by atoms with Crippen molar-refractivity contribution in [2.75, 3.05) is 49.9 Å². The molecule has 1 amide bonds. The highest BCUT2D eigenvalue weighted by atomic mass is 35.5. The lowest BCUT2D eigenvalue weighted by Gasteiger charge is -2.36. The smallest absolute Gasteiger partial charge is 0.410 e. The van der Waals surface area contributed by atoms with E-state index in [-0.39, 0.29) is 17.8 Å². The van der Waals surface area contributed by atoms with E-state index in [1.165, 1.54) is 0 Å². The fourth-order valence-electron chi connectivity index (χ4n) is 5.60. The number of nitrogens with zero attached hydrogens (tertiary/aromatic N) is 5.